The molecule has 0 saturated heterocycles. The summed E-state index contributed by atoms with van der Waals surface area (Å²) < 4.78 is 0. The maximum absolute atomic E-state index is 12.3. The topological polar surface area (TPSA) is 45.2 Å². The fraction of sp³-hybridized carbons (Fsp3) is 0.200. The highest BCUT2D eigenvalue weighted by atomic mass is 35.5. The number of halogens is 1. The van der Waals surface area contributed by atoms with Gasteiger partial charge in [-0.25, -0.2) is 4.98 Å². The van der Waals surface area contributed by atoms with Gasteiger partial charge >= 0.3 is 0 Å². The molecule has 0 aliphatic rings. The van der Waals surface area contributed by atoms with Crippen LogP contribution in [0.1, 0.15) is 16.1 Å². The molecule has 0 aliphatic heterocycles. The van der Waals surface area contributed by atoms with Gasteiger partial charge in [0.2, 0.25) is 0 Å². The van der Waals surface area contributed by atoms with Crippen LogP contribution in [0.3, 0.4) is 0 Å². The van der Waals surface area contributed by atoms with Gasteiger partial charge in [-0.05, 0) is 31.2 Å². The zero-order valence-corrected chi connectivity index (χ0v) is 12.4. The molecule has 0 spiro atoms. The number of carbonyl (C=O) groups excluding carboxylic acids is 1. The molecule has 1 amide bonds. The van der Waals surface area contributed by atoms with Crippen LogP contribution < -0.4 is 10.2 Å². The van der Waals surface area contributed by atoms with Crippen molar-refractivity contribution < 1.29 is 4.79 Å². The van der Waals surface area contributed by atoms with E-state index in [1.807, 2.05) is 43.3 Å². The second-order valence-electron chi connectivity index (χ2n) is 4.69. The molecule has 0 fully saturated rings. The second-order valence-corrected chi connectivity index (χ2v) is 5.07. The molecule has 1 aromatic carbocycles. The summed E-state index contributed by atoms with van der Waals surface area (Å²) in [6.07, 6.45) is 0. The van der Waals surface area contributed by atoms with Gasteiger partial charge in [0.1, 0.15) is 5.15 Å². The SMILES string of the molecule is Cc1cc(C(=O)Nc2ccccc2N(C)C)cc(Cl)n1. The van der Waals surface area contributed by atoms with Crippen molar-refractivity contribution in [2.45, 2.75) is 6.92 Å². The first-order chi connectivity index (χ1) is 9.47. The maximum Gasteiger partial charge on any atom is 0.255 e. The van der Waals surface area contributed by atoms with E-state index in [0.29, 0.717) is 16.4 Å². The third-order valence-electron chi connectivity index (χ3n) is 2.82. The minimum atomic E-state index is -0.202. The second kappa shape index (κ2) is 5.92. The summed E-state index contributed by atoms with van der Waals surface area (Å²) in [5.41, 5.74) is 2.91. The molecule has 0 radical (unpaired) electrons. The van der Waals surface area contributed by atoms with Crippen LogP contribution in [0.4, 0.5) is 11.4 Å². The Morgan fingerprint density at radius 3 is 2.60 bits per heavy atom. The van der Waals surface area contributed by atoms with E-state index in [1.54, 1.807) is 19.1 Å². The number of para-hydroxylation sites is 2. The van der Waals surface area contributed by atoms with Gasteiger partial charge in [0.25, 0.3) is 5.91 Å². The first-order valence-corrected chi connectivity index (χ1v) is 6.57. The highest BCUT2D eigenvalue weighted by Gasteiger charge is 2.11. The average Bonchev–Trinajstić information content (AvgIpc) is 2.37. The van der Waals surface area contributed by atoms with E-state index in [-0.39, 0.29) is 5.91 Å². The molecule has 2 aromatic rings. The largest absolute Gasteiger partial charge is 0.376 e. The van der Waals surface area contributed by atoms with Crippen LogP contribution in [0.25, 0.3) is 0 Å². The molecular weight excluding hydrogens is 274 g/mol. The van der Waals surface area contributed by atoms with E-state index in [4.69, 9.17) is 11.6 Å². The number of aromatic nitrogens is 1. The fourth-order valence-electron chi connectivity index (χ4n) is 1.92. The van der Waals surface area contributed by atoms with E-state index in [0.717, 1.165) is 11.4 Å². The van der Waals surface area contributed by atoms with Gasteiger partial charge in [-0.1, -0.05) is 23.7 Å². The smallest absolute Gasteiger partial charge is 0.255 e. The third-order valence-corrected chi connectivity index (χ3v) is 3.01. The lowest BCUT2D eigenvalue weighted by Gasteiger charge is -2.17. The normalized spacial score (nSPS) is 10.2. The van der Waals surface area contributed by atoms with Crippen LogP contribution in [0.15, 0.2) is 36.4 Å². The summed E-state index contributed by atoms with van der Waals surface area (Å²) in [7, 11) is 3.86. The summed E-state index contributed by atoms with van der Waals surface area (Å²) in [5.74, 6) is -0.202. The Kier molecular flexibility index (Phi) is 4.25. The van der Waals surface area contributed by atoms with Crippen molar-refractivity contribution in [2.75, 3.05) is 24.3 Å². The van der Waals surface area contributed by atoms with E-state index in [2.05, 4.69) is 10.3 Å². The number of nitrogens with one attached hydrogen (secondary N) is 1. The summed E-state index contributed by atoms with van der Waals surface area (Å²) >= 11 is 5.88. The third kappa shape index (κ3) is 3.27. The summed E-state index contributed by atoms with van der Waals surface area (Å²) in [6, 6.07) is 10.9. The predicted octanol–water partition coefficient (Wildman–Crippen LogP) is 3.36. The van der Waals surface area contributed by atoms with Gasteiger partial charge in [-0.3, -0.25) is 4.79 Å². The van der Waals surface area contributed by atoms with Gasteiger partial charge in [0, 0.05) is 25.4 Å². The van der Waals surface area contributed by atoms with Crippen molar-refractivity contribution in [1.29, 1.82) is 0 Å². The number of hydrogen-bond acceptors (Lipinski definition) is 3. The molecule has 5 heteroatoms. The van der Waals surface area contributed by atoms with E-state index >= 15 is 0 Å². The lowest BCUT2D eigenvalue weighted by atomic mass is 10.2. The minimum absolute atomic E-state index is 0.202. The van der Waals surface area contributed by atoms with Gasteiger partial charge in [-0.15, -0.1) is 0 Å². The van der Waals surface area contributed by atoms with E-state index in [1.165, 1.54) is 0 Å². The average molecular weight is 290 g/mol. The fourth-order valence-corrected chi connectivity index (χ4v) is 2.17. The predicted molar refractivity (Wildman–Crippen MR) is 82.7 cm³/mol. The number of aryl methyl sites for hydroxylation is 1. The minimum Gasteiger partial charge on any atom is -0.376 e. The lowest BCUT2D eigenvalue weighted by molar-refractivity contribution is 0.102. The molecule has 1 aromatic heterocycles. The zero-order valence-electron chi connectivity index (χ0n) is 11.6. The van der Waals surface area contributed by atoms with Crippen molar-refractivity contribution in [3.63, 3.8) is 0 Å². The van der Waals surface area contributed by atoms with Crippen LogP contribution in [0, 0.1) is 6.92 Å². The highest BCUT2D eigenvalue weighted by Crippen LogP contribution is 2.24. The monoisotopic (exact) mass is 289 g/mol. The summed E-state index contributed by atoms with van der Waals surface area (Å²) in [4.78, 5) is 18.3. The first-order valence-electron chi connectivity index (χ1n) is 6.19. The zero-order chi connectivity index (χ0) is 14.7. The number of amides is 1. The van der Waals surface area contributed by atoms with Crippen LogP contribution in [-0.4, -0.2) is 25.0 Å². The number of nitrogens with zero attached hydrogens (tertiary/aromatic N) is 2. The molecule has 0 bridgehead atoms. The number of rotatable bonds is 3. The Morgan fingerprint density at radius 2 is 1.95 bits per heavy atom. The van der Waals surface area contributed by atoms with Crippen molar-refractivity contribution >= 4 is 28.9 Å². The van der Waals surface area contributed by atoms with Gasteiger partial charge in [0.05, 0.1) is 11.4 Å². The number of carbonyl (C=O) groups is 1. The summed E-state index contributed by atoms with van der Waals surface area (Å²) in [6.45, 7) is 1.80. The Morgan fingerprint density at radius 1 is 1.25 bits per heavy atom. The van der Waals surface area contributed by atoms with E-state index in [9.17, 15) is 4.79 Å². The number of hydrogen-bond donors (Lipinski definition) is 1. The van der Waals surface area contributed by atoms with Crippen LogP contribution in [0.2, 0.25) is 5.15 Å². The van der Waals surface area contributed by atoms with Crippen molar-refractivity contribution in [2.24, 2.45) is 0 Å². The molecule has 20 heavy (non-hydrogen) atoms. The maximum atomic E-state index is 12.3. The molecule has 0 aliphatic carbocycles. The Balaban J connectivity index is 2.28. The number of pyridine rings is 1. The molecule has 0 atom stereocenters. The van der Waals surface area contributed by atoms with Crippen molar-refractivity contribution in [3.8, 4) is 0 Å². The van der Waals surface area contributed by atoms with E-state index < -0.39 is 0 Å². The molecule has 1 N–H and O–H groups in total. The highest BCUT2D eigenvalue weighted by molar-refractivity contribution is 6.29. The standard InChI is InChI=1S/C15H16ClN3O/c1-10-8-11(9-14(16)17-10)15(20)18-12-6-4-5-7-13(12)19(2)3/h4-9H,1-3H3,(H,18,20). The molecule has 4 nitrogen and oxygen atoms in total. The first kappa shape index (κ1) is 14.3. The van der Waals surface area contributed by atoms with Gasteiger partial charge in [-0.2, -0.15) is 0 Å². The van der Waals surface area contributed by atoms with Crippen LogP contribution >= 0.6 is 11.6 Å². The van der Waals surface area contributed by atoms with Gasteiger partial charge < -0.3 is 10.2 Å². The number of benzene rings is 1. The Bertz CT molecular complexity index is 621. The molecule has 104 valence electrons. The molecule has 2 rings (SSSR count). The van der Waals surface area contributed by atoms with Crippen LogP contribution in [-0.2, 0) is 0 Å². The molecule has 0 saturated carbocycles. The number of anilines is 2. The molecular formula is C15H16ClN3O. The lowest BCUT2D eigenvalue weighted by Crippen LogP contribution is -2.17. The Hall–Kier alpha value is -2.07. The molecule has 0 unspecified atom stereocenters. The van der Waals surface area contributed by atoms with Crippen molar-refractivity contribution in [3.05, 3.63) is 52.8 Å². The van der Waals surface area contributed by atoms with Gasteiger partial charge in [0.15, 0.2) is 0 Å². The summed E-state index contributed by atoms with van der Waals surface area (Å²) in [5, 5.41) is 3.21. The quantitative estimate of drug-likeness (QED) is 0.881. The molecule has 1 heterocycles. The Labute approximate surface area is 123 Å². The van der Waals surface area contributed by atoms with Crippen molar-refractivity contribution in [1.82, 2.24) is 4.98 Å². The van der Waals surface area contributed by atoms with Crippen LogP contribution in [0.5, 0.6) is 0 Å².